The first-order valence-corrected chi connectivity index (χ1v) is 7.58. The van der Waals surface area contributed by atoms with Gasteiger partial charge in [0.05, 0.1) is 13.2 Å². The molecule has 0 heterocycles. The van der Waals surface area contributed by atoms with Crippen molar-refractivity contribution in [3.63, 3.8) is 0 Å². The topological polar surface area (TPSA) is 29.5 Å². The highest BCUT2D eigenvalue weighted by atomic mass is 16.5. The molecule has 2 unspecified atom stereocenters. The van der Waals surface area contributed by atoms with Crippen LogP contribution in [0, 0.1) is 12.8 Å². The van der Waals surface area contributed by atoms with E-state index in [-0.39, 0.29) is 0 Å². The smallest absolute Gasteiger partial charge is 0.119 e. The van der Waals surface area contributed by atoms with Gasteiger partial charge in [-0.25, -0.2) is 0 Å². The Labute approximate surface area is 126 Å². The number of aryl methyl sites for hydroxylation is 2. The maximum Gasteiger partial charge on any atom is 0.119 e. The van der Waals surface area contributed by atoms with Crippen LogP contribution in [-0.2, 0) is 12.8 Å². The van der Waals surface area contributed by atoms with Gasteiger partial charge in [0.2, 0.25) is 0 Å². The quantitative estimate of drug-likeness (QED) is 0.926. The molecule has 2 nitrogen and oxygen atoms in total. The monoisotopic (exact) mass is 282 g/mol. The number of methoxy groups -OCH3 is 1. The first kappa shape index (κ1) is 14.2. The molecule has 1 aliphatic carbocycles. The molecule has 0 amide bonds. The number of aliphatic hydroxyl groups is 1. The Hall–Kier alpha value is -1.80. The van der Waals surface area contributed by atoms with Crippen molar-refractivity contribution in [2.75, 3.05) is 7.11 Å². The van der Waals surface area contributed by atoms with Crippen molar-refractivity contribution < 1.29 is 9.84 Å². The summed E-state index contributed by atoms with van der Waals surface area (Å²) in [5, 5.41) is 10.8. The average molecular weight is 282 g/mol. The van der Waals surface area contributed by atoms with Gasteiger partial charge < -0.3 is 9.84 Å². The first-order chi connectivity index (χ1) is 10.2. The Bertz CT molecular complexity index is 633. The molecular weight excluding hydrogens is 260 g/mol. The van der Waals surface area contributed by atoms with Crippen LogP contribution in [0.4, 0.5) is 0 Å². The lowest BCUT2D eigenvalue weighted by Crippen LogP contribution is -2.21. The molecule has 1 N–H and O–H groups in total. The lowest BCUT2D eigenvalue weighted by atomic mass is 9.78. The standard InChI is InChI=1S/C19H22O2/c1-13-11-17(21-2)9-10-18(13)19(20)16-8-7-14-5-3-4-6-15(14)12-16/h3-6,9-11,16,19-20H,7-8,12H2,1-2H3. The summed E-state index contributed by atoms with van der Waals surface area (Å²) in [4.78, 5) is 0. The van der Waals surface area contributed by atoms with Crippen molar-refractivity contribution in [3.8, 4) is 5.75 Å². The van der Waals surface area contributed by atoms with Crippen LogP contribution in [0.1, 0.15) is 34.8 Å². The van der Waals surface area contributed by atoms with Crippen molar-refractivity contribution in [2.45, 2.75) is 32.3 Å². The molecule has 21 heavy (non-hydrogen) atoms. The molecule has 110 valence electrons. The molecule has 2 heteroatoms. The van der Waals surface area contributed by atoms with Crippen LogP contribution < -0.4 is 4.74 Å². The fourth-order valence-corrected chi connectivity index (χ4v) is 3.36. The molecular formula is C19H22O2. The third-order valence-electron chi connectivity index (χ3n) is 4.63. The van der Waals surface area contributed by atoms with E-state index in [1.807, 2.05) is 25.1 Å². The third kappa shape index (κ3) is 2.81. The van der Waals surface area contributed by atoms with E-state index in [2.05, 4.69) is 24.3 Å². The van der Waals surface area contributed by atoms with E-state index in [4.69, 9.17) is 4.74 Å². The second-order valence-electron chi connectivity index (χ2n) is 5.94. The summed E-state index contributed by atoms with van der Waals surface area (Å²) in [6, 6.07) is 14.5. The summed E-state index contributed by atoms with van der Waals surface area (Å²) in [7, 11) is 1.67. The molecule has 0 spiro atoms. The second kappa shape index (κ2) is 5.90. The zero-order valence-electron chi connectivity index (χ0n) is 12.7. The fraction of sp³-hybridized carbons (Fsp3) is 0.368. The summed E-state index contributed by atoms with van der Waals surface area (Å²) in [5.41, 5.74) is 4.95. The second-order valence-corrected chi connectivity index (χ2v) is 5.94. The Morgan fingerprint density at radius 1 is 1.14 bits per heavy atom. The summed E-state index contributed by atoms with van der Waals surface area (Å²) in [5.74, 6) is 1.14. The Morgan fingerprint density at radius 3 is 2.62 bits per heavy atom. The van der Waals surface area contributed by atoms with E-state index in [1.165, 1.54) is 11.1 Å². The number of ether oxygens (including phenoxy) is 1. The maximum absolute atomic E-state index is 10.8. The first-order valence-electron chi connectivity index (χ1n) is 7.58. The van der Waals surface area contributed by atoms with Gasteiger partial charge in [-0.05, 0) is 66.5 Å². The predicted molar refractivity (Wildman–Crippen MR) is 84.6 cm³/mol. The Kier molecular flexibility index (Phi) is 3.98. The van der Waals surface area contributed by atoms with Gasteiger partial charge in [-0.2, -0.15) is 0 Å². The summed E-state index contributed by atoms with van der Waals surface area (Å²) in [6.45, 7) is 2.04. The minimum atomic E-state index is -0.399. The average Bonchev–Trinajstić information content (AvgIpc) is 2.53. The van der Waals surface area contributed by atoms with Crippen molar-refractivity contribution >= 4 is 0 Å². The van der Waals surface area contributed by atoms with Gasteiger partial charge in [0.1, 0.15) is 5.75 Å². The molecule has 0 radical (unpaired) electrons. The van der Waals surface area contributed by atoms with Crippen molar-refractivity contribution in [2.24, 2.45) is 5.92 Å². The van der Waals surface area contributed by atoms with E-state index in [0.29, 0.717) is 5.92 Å². The molecule has 1 aliphatic rings. The van der Waals surface area contributed by atoms with E-state index < -0.39 is 6.10 Å². The number of hydrogen-bond acceptors (Lipinski definition) is 2. The van der Waals surface area contributed by atoms with E-state index in [9.17, 15) is 5.11 Å². The van der Waals surface area contributed by atoms with Crippen LogP contribution in [0.2, 0.25) is 0 Å². The SMILES string of the molecule is COc1ccc(C(O)C2CCc3ccccc3C2)c(C)c1. The van der Waals surface area contributed by atoms with E-state index in [0.717, 1.165) is 36.1 Å². The minimum Gasteiger partial charge on any atom is -0.497 e. The number of fused-ring (bicyclic) bond motifs is 1. The lowest BCUT2D eigenvalue weighted by Gasteiger charge is -2.29. The molecule has 0 fully saturated rings. The number of hydrogen-bond donors (Lipinski definition) is 1. The van der Waals surface area contributed by atoms with Crippen molar-refractivity contribution in [1.82, 2.24) is 0 Å². The maximum atomic E-state index is 10.8. The van der Waals surface area contributed by atoms with Gasteiger partial charge in [-0.1, -0.05) is 30.3 Å². The van der Waals surface area contributed by atoms with Crippen LogP contribution in [0.3, 0.4) is 0 Å². The van der Waals surface area contributed by atoms with Crippen molar-refractivity contribution in [3.05, 3.63) is 64.7 Å². The Balaban J connectivity index is 1.82. The number of benzene rings is 2. The number of rotatable bonds is 3. The normalized spacial score (nSPS) is 18.9. The van der Waals surface area contributed by atoms with Gasteiger partial charge in [-0.15, -0.1) is 0 Å². The van der Waals surface area contributed by atoms with Gasteiger partial charge in [0.15, 0.2) is 0 Å². The van der Waals surface area contributed by atoms with Gasteiger partial charge in [-0.3, -0.25) is 0 Å². The highest BCUT2D eigenvalue weighted by Crippen LogP contribution is 2.35. The van der Waals surface area contributed by atoms with Crippen LogP contribution in [0.15, 0.2) is 42.5 Å². The molecule has 0 bridgehead atoms. The largest absolute Gasteiger partial charge is 0.497 e. The Morgan fingerprint density at radius 2 is 1.90 bits per heavy atom. The zero-order valence-corrected chi connectivity index (χ0v) is 12.7. The highest BCUT2D eigenvalue weighted by molar-refractivity contribution is 5.37. The molecule has 2 atom stereocenters. The molecule has 2 aromatic carbocycles. The van der Waals surface area contributed by atoms with Crippen LogP contribution >= 0.6 is 0 Å². The van der Waals surface area contributed by atoms with Gasteiger partial charge in [0, 0.05) is 0 Å². The zero-order chi connectivity index (χ0) is 14.8. The molecule has 0 saturated heterocycles. The molecule has 0 saturated carbocycles. The fourth-order valence-electron chi connectivity index (χ4n) is 3.36. The lowest BCUT2D eigenvalue weighted by molar-refractivity contribution is 0.0989. The van der Waals surface area contributed by atoms with E-state index >= 15 is 0 Å². The van der Waals surface area contributed by atoms with Crippen LogP contribution in [-0.4, -0.2) is 12.2 Å². The summed E-state index contributed by atoms with van der Waals surface area (Å²) >= 11 is 0. The molecule has 2 aromatic rings. The van der Waals surface area contributed by atoms with Crippen molar-refractivity contribution in [1.29, 1.82) is 0 Å². The van der Waals surface area contributed by atoms with Crippen LogP contribution in [0.25, 0.3) is 0 Å². The molecule has 0 aromatic heterocycles. The third-order valence-corrected chi connectivity index (χ3v) is 4.63. The highest BCUT2D eigenvalue weighted by Gasteiger charge is 2.26. The minimum absolute atomic E-state index is 0.298. The summed E-state index contributed by atoms with van der Waals surface area (Å²) < 4.78 is 5.24. The van der Waals surface area contributed by atoms with Gasteiger partial charge >= 0.3 is 0 Å². The van der Waals surface area contributed by atoms with E-state index in [1.54, 1.807) is 7.11 Å². The van der Waals surface area contributed by atoms with Crippen LogP contribution in [0.5, 0.6) is 5.75 Å². The molecule has 0 aliphatic heterocycles. The predicted octanol–water partition coefficient (Wildman–Crippen LogP) is 3.84. The number of aliphatic hydroxyl groups excluding tert-OH is 1. The van der Waals surface area contributed by atoms with Gasteiger partial charge in [0.25, 0.3) is 0 Å². The summed E-state index contributed by atoms with van der Waals surface area (Å²) in [6.07, 6.45) is 2.67. The molecule has 3 rings (SSSR count).